The van der Waals surface area contributed by atoms with Gasteiger partial charge < -0.3 is 10.4 Å². The van der Waals surface area contributed by atoms with Crippen LogP contribution in [0.25, 0.3) is 0 Å². The molecule has 0 radical (unpaired) electrons. The SMILES string of the molecule is CC(C)C(C)(C)CNc1ccc(C(F)(F)F)cc1C(=O)O. The first-order chi connectivity index (χ1) is 9.45. The minimum absolute atomic E-state index is 0.113. The fourth-order valence-corrected chi connectivity index (χ4v) is 1.58. The van der Waals surface area contributed by atoms with E-state index in [0.717, 1.165) is 6.07 Å². The highest BCUT2D eigenvalue weighted by molar-refractivity contribution is 5.94. The Morgan fingerprint density at radius 2 is 1.86 bits per heavy atom. The summed E-state index contributed by atoms with van der Waals surface area (Å²) in [7, 11) is 0. The van der Waals surface area contributed by atoms with Gasteiger partial charge in [0.25, 0.3) is 0 Å². The number of aromatic carboxylic acids is 1. The van der Waals surface area contributed by atoms with Crippen LogP contribution in [0.2, 0.25) is 0 Å². The number of hydrogen-bond acceptors (Lipinski definition) is 2. The quantitative estimate of drug-likeness (QED) is 0.842. The molecule has 6 heteroatoms. The van der Waals surface area contributed by atoms with Crippen LogP contribution in [0.1, 0.15) is 43.6 Å². The molecule has 0 aromatic heterocycles. The van der Waals surface area contributed by atoms with Crippen molar-refractivity contribution >= 4 is 11.7 Å². The predicted molar refractivity (Wildman–Crippen MR) is 75.5 cm³/mol. The van der Waals surface area contributed by atoms with Crippen molar-refractivity contribution in [3.63, 3.8) is 0 Å². The smallest absolute Gasteiger partial charge is 0.416 e. The van der Waals surface area contributed by atoms with Crippen molar-refractivity contribution in [2.24, 2.45) is 11.3 Å². The molecule has 1 aromatic carbocycles. The van der Waals surface area contributed by atoms with Crippen molar-refractivity contribution < 1.29 is 23.1 Å². The van der Waals surface area contributed by atoms with Crippen molar-refractivity contribution in [2.45, 2.75) is 33.9 Å². The van der Waals surface area contributed by atoms with Gasteiger partial charge in [-0.25, -0.2) is 4.79 Å². The molecule has 0 saturated heterocycles. The van der Waals surface area contributed by atoms with Gasteiger partial charge in [0.15, 0.2) is 0 Å². The number of carboxylic acids is 1. The molecule has 0 atom stereocenters. The van der Waals surface area contributed by atoms with E-state index in [2.05, 4.69) is 5.32 Å². The fourth-order valence-electron chi connectivity index (χ4n) is 1.58. The lowest BCUT2D eigenvalue weighted by Crippen LogP contribution is -2.29. The Kier molecular flexibility index (Phi) is 4.91. The van der Waals surface area contributed by atoms with Gasteiger partial charge in [-0.2, -0.15) is 13.2 Å². The van der Waals surface area contributed by atoms with E-state index in [0.29, 0.717) is 18.5 Å². The van der Waals surface area contributed by atoms with Gasteiger partial charge >= 0.3 is 12.1 Å². The lowest BCUT2D eigenvalue weighted by Gasteiger charge is -2.30. The van der Waals surface area contributed by atoms with E-state index in [1.807, 2.05) is 27.7 Å². The third kappa shape index (κ3) is 4.37. The molecule has 3 nitrogen and oxygen atoms in total. The summed E-state index contributed by atoms with van der Waals surface area (Å²) in [6.45, 7) is 8.56. The zero-order valence-corrected chi connectivity index (χ0v) is 12.5. The minimum atomic E-state index is -4.56. The first-order valence-corrected chi connectivity index (χ1v) is 6.63. The second-order valence-electron chi connectivity index (χ2n) is 6.06. The molecule has 21 heavy (non-hydrogen) atoms. The summed E-state index contributed by atoms with van der Waals surface area (Å²) < 4.78 is 37.9. The maximum absolute atomic E-state index is 12.6. The fraction of sp³-hybridized carbons (Fsp3) is 0.533. The maximum atomic E-state index is 12.6. The van der Waals surface area contributed by atoms with Crippen LogP contribution >= 0.6 is 0 Å². The second kappa shape index (κ2) is 5.95. The molecule has 0 amide bonds. The van der Waals surface area contributed by atoms with Crippen LogP contribution in [0.5, 0.6) is 0 Å². The van der Waals surface area contributed by atoms with Crippen LogP contribution in [0.3, 0.4) is 0 Å². The Labute approximate surface area is 122 Å². The van der Waals surface area contributed by atoms with Crippen LogP contribution < -0.4 is 5.32 Å². The standard InChI is InChI=1S/C15H20F3NO2/c1-9(2)14(3,4)8-19-12-6-5-10(15(16,17)18)7-11(12)13(20)21/h5-7,9,19H,8H2,1-4H3,(H,20,21). The van der Waals surface area contributed by atoms with Crippen LogP contribution in [-0.2, 0) is 6.18 Å². The van der Waals surface area contributed by atoms with E-state index >= 15 is 0 Å². The topological polar surface area (TPSA) is 49.3 Å². The number of anilines is 1. The molecule has 2 N–H and O–H groups in total. The second-order valence-corrected chi connectivity index (χ2v) is 6.06. The summed E-state index contributed by atoms with van der Waals surface area (Å²) in [4.78, 5) is 11.2. The van der Waals surface area contributed by atoms with Gasteiger partial charge in [-0.05, 0) is 29.5 Å². The number of nitrogens with one attached hydrogen (secondary N) is 1. The summed E-state index contributed by atoms with van der Waals surface area (Å²) in [5.74, 6) is -1.04. The Bertz CT molecular complexity index is 522. The van der Waals surface area contributed by atoms with Gasteiger partial charge in [0.05, 0.1) is 11.1 Å². The average Bonchev–Trinajstić information content (AvgIpc) is 2.34. The molecule has 0 saturated carbocycles. The van der Waals surface area contributed by atoms with Gasteiger partial charge in [0.2, 0.25) is 0 Å². The van der Waals surface area contributed by atoms with Crippen molar-refractivity contribution in [3.05, 3.63) is 29.3 Å². The van der Waals surface area contributed by atoms with E-state index in [1.165, 1.54) is 6.07 Å². The molecule has 0 spiro atoms. The average molecular weight is 303 g/mol. The highest BCUT2D eigenvalue weighted by Gasteiger charge is 2.32. The monoisotopic (exact) mass is 303 g/mol. The summed E-state index contributed by atoms with van der Waals surface area (Å²) in [5.41, 5.74) is -1.25. The molecule has 0 heterocycles. The van der Waals surface area contributed by atoms with Gasteiger partial charge in [-0.1, -0.05) is 27.7 Å². The first kappa shape index (κ1) is 17.3. The third-order valence-corrected chi connectivity index (χ3v) is 3.87. The number of halogens is 3. The number of alkyl halides is 3. The van der Waals surface area contributed by atoms with E-state index in [-0.39, 0.29) is 16.7 Å². The minimum Gasteiger partial charge on any atom is -0.478 e. The van der Waals surface area contributed by atoms with Crippen LogP contribution in [0.4, 0.5) is 18.9 Å². The largest absolute Gasteiger partial charge is 0.478 e. The molecule has 0 unspecified atom stereocenters. The number of carboxylic acid groups (broad SMARTS) is 1. The molecule has 0 fully saturated rings. The van der Waals surface area contributed by atoms with Crippen molar-refractivity contribution in [1.82, 2.24) is 0 Å². The molecule has 1 aromatic rings. The van der Waals surface area contributed by atoms with Gasteiger partial charge in [0, 0.05) is 12.2 Å². The molecule has 1 rings (SSSR count). The highest BCUT2D eigenvalue weighted by atomic mass is 19.4. The maximum Gasteiger partial charge on any atom is 0.416 e. The lowest BCUT2D eigenvalue weighted by atomic mass is 9.81. The van der Waals surface area contributed by atoms with Crippen LogP contribution in [0.15, 0.2) is 18.2 Å². The normalized spacial score (nSPS) is 12.6. The van der Waals surface area contributed by atoms with Crippen molar-refractivity contribution in [1.29, 1.82) is 0 Å². The summed E-state index contributed by atoms with van der Waals surface area (Å²) in [6.07, 6.45) is -4.56. The Balaban J connectivity index is 3.06. The third-order valence-electron chi connectivity index (χ3n) is 3.87. The molecule has 0 aliphatic carbocycles. The molecule has 0 aliphatic heterocycles. The molecular weight excluding hydrogens is 283 g/mol. The highest BCUT2D eigenvalue weighted by Crippen LogP contribution is 2.33. The van der Waals surface area contributed by atoms with E-state index in [9.17, 15) is 18.0 Å². The van der Waals surface area contributed by atoms with Crippen LogP contribution in [0, 0.1) is 11.3 Å². The Hall–Kier alpha value is -1.72. The van der Waals surface area contributed by atoms with E-state index in [4.69, 9.17) is 5.11 Å². The van der Waals surface area contributed by atoms with E-state index < -0.39 is 17.7 Å². The summed E-state index contributed by atoms with van der Waals surface area (Å²) >= 11 is 0. The molecular formula is C15H20F3NO2. The number of carbonyl (C=O) groups is 1. The van der Waals surface area contributed by atoms with Gasteiger partial charge in [-0.15, -0.1) is 0 Å². The number of benzene rings is 1. The number of hydrogen-bond donors (Lipinski definition) is 2. The Morgan fingerprint density at radius 1 is 1.29 bits per heavy atom. The van der Waals surface area contributed by atoms with Gasteiger partial charge in [-0.3, -0.25) is 0 Å². The predicted octanol–water partition coefficient (Wildman–Crippen LogP) is 4.50. The first-order valence-electron chi connectivity index (χ1n) is 6.63. The number of rotatable bonds is 5. The molecule has 0 bridgehead atoms. The molecule has 118 valence electrons. The van der Waals surface area contributed by atoms with Crippen LogP contribution in [-0.4, -0.2) is 17.6 Å². The lowest BCUT2D eigenvalue weighted by molar-refractivity contribution is -0.137. The molecule has 0 aliphatic rings. The van der Waals surface area contributed by atoms with E-state index in [1.54, 1.807) is 0 Å². The van der Waals surface area contributed by atoms with Crippen molar-refractivity contribution in [2.75, 3.05) is 11.9 Å². The zero-order chi connectivity index (χ0) is 16.4. The Morgan fingerprint density at radius 3 is 2.29 bits per heavy atom. The van der Waals surface area contributed by atoms with Crippen molar-refractivity contribution in [3.8, 4) is 0 Å². The summed E-state index contributed by atoms with van der Waals surface area (Å²) in [6, 6.07) is 2.72. The van der Waals surface area contributed by atoms with Gasteiger partial charge in [0.1, 0.15) is 0 Å². The summed E-state index contributed by atoms with van der Waals surface area (Å²) in [5, 5.41) is 12.0. The zero-order valence-electron chi connectivity index (χ0n) is 12.5.